The number of nitrogens with zero attached hydrogens (tertiary/aromatic N) is 1. The Morgan fingerprint density at radius 3 is 2.31 bits per heavy atom. The van der Waals surface area contributed by atoms with Crippen LogP contribution in [0.3, 0.4) is 0 Å². The van der Waals surface area contributed by atoms with Gasteiger partial charge in [0.25, 0.3) is 0 Å². The first kappa shape index (κ1) is 25.4. The smallest absolute Gasteiger partial charge is 0.343 e. The van der Waals surface area contributed by atoms with Crippen LogP contribution in [0, 0.1) is 0 Å². The first-order chi connectivity index (χ1) is 16.9. The summed E-state index contributed by atoms with van der Waals surface area (Å²) in [5, 5.41) is 6.27. The third-order valence-corrected chi connectivity index (χ3v) is 5.01. The van der Waals surface area contributed by atoms with Gasteiger partial charge in [0.05, 0.1) is 25.5 Å². The lowest BCUT2D eigenvalue weighted by atomic mass is 10.2. The van der Waals surface area contributed by atoms with Crippen molar-refractivity contribution in [1.29, 1.82) is 0 Å². The Labute approximate surface area is 210 Å². The Morgan fingerprint density at radius 1 is 0.943 bits per heavy atom. The van der Waals surface area contributed by atoms with Crippen molar-refractivity contribution in [3.05, 3.63) is 82.3 Å². The van der Waals surface area contributed by atoms with Gasteiger partial charge in [0.2, 0.25) is 0 Å². The third-order valence-electron chi connectivity index (χ3n) is 4.48. The highest BCUT2D eigenvalue weighted by molar-refractivity contribution is 9.10. The van der Waals surface area contributed by atoms with Crippen LogP contribution in [0.2, 0.25) is 0 Å². The SMILES string of the molecule is CCOc1cc(C=NNC(=O)C(=O)Nc2ccc(Br)cc2)ccc1OC(=O)c1ccc(OC)cc1. The number of rotatable bonds is 8. The Morgan fingerprint density at radius 2 is 1.66 bits per heavy atom. The highest BCUT2D eigenvalue weighted by Gasteiger charge is 2.15. The molecule has 0 aromatic heterocycles. The predicted molar refractivity (Wildman–Crippen MR) is 134 cm³/mol. The van der Waals surface area contributed by atoms with Crippen LogP contribution in [-0.4, -0.2) is 37.7 Å². The van der Waals surface area contributed by atoms with Gasteiger partial charge in [0.1, 0.15) is 5.75 Å². The second-order valence-corrected chi connectivity index (χ2v) is 7.83. The molecule has 10 heteroatoms. The largest absolute Gasteiger partial charge is 0.497 e. The van der Waals surface area contributed by atoms with E-state index < -0.39 is 17.8 Å². The number of ether oxygens (including phenoxy) is 3. The molecule has 35 heavy (non-hydrogen) atoms. The van der Waals surface area contributed by atoms with E-state index in [2.05, 4.69) is 31.8 Å². The molecule has 0 saturated carbocycles. The number of methoxy groups -OCH3 is 1. The summed E-state index contributed by atoms with van der Waals surface area (Å²) in [6.07, 6.45) is 1.34. The number of amides is 2. The normalized spacial score (nSPS) is 10.5. The molecule has 0 saturated heterocycles. The predicted octanol–water partition coefficient (Wildman–Crippen LogP) is 4.16. The Hall–Kier alpha value is -4.18. The van der Waals surface area contributed by atoms with Gasteiger partial charge in [-0.1, -0.05) is 15.9 Å². The molecule has 0 spiro atoms. The molecule has 0 aliphatic carbocycles. The van der Waals surface area contributed by atoms with Gasteiger partial charge in [-0.05, 0) is 79.2 Å². The summed E-state index contributed by atoms with van der Waals surface area (Å²) in [6.45, 7) is 2.13. The Bertz CT molecular complexity index is 1230. The van der Waals surface area contributed by atoms with Crippen molar-refractivity contribution in [2.45, 2.75) is 6.92 Å². The minimum absolute atomic E-state index is 0.225. The zero-order valence-electron chi connectivity index (χ0n) is 18.9. The summed E-state index contributed by atoms with van der Waals surface area (Å²) in [5.74, 6) is -1.18. The van der Waals surface area contributed by atoms with Crippen LogP contribution < -0.4 is 25.0 Å². The maximum atomic E-state index is 12.5. The number of benzene rings is 3. The van der Waals surface area contributed by atoms with Gasteiger partial charge in [-0.2, -0.15) is 5.10 Å². The fourth-order valence-electron chi connectivity index (χ4n) is 2.78. The number of hydrogen-bond donors (Lipinski definition) is 2. The van der Waals surface area contributed by atoms with E-state index in [9.17, 15) is 14.4 Å². The first-order valence-corrected chi connectivity index (χ1v) is 11.2. The molecule has 3 rings (SSSR count). The number of carbonyl (C=O) groups excluding carboxylic acids is 3. The highest BCUT2D eigenvalue weighted by Crippen LogP contribution is 2.29. The van der Waals surface area contributed by atoms with Crippen LogP contribution in [-0.2, 0) is 9.59 Å². The summed E-state index contributed by atoms with van der Waals surface area (Å²) in [6, 6.07) is 18.0. The van der Waals surface area contributed by atoms with E-state index in [4.69, 9.17) is 14.2 Å². The van der Waals surface area contributed by atoms with Gasteiger partial charge in [-0.3, -0.25) is 9.59 Å². The Balaban J connectivity index is 1.62. The molecule has 3 aromatic rings. The lowest BCUT2D eigenvalue weighted by Gasteiger charge is -2.11. The number of nitrogens with one attached hydrogen (secondary N) is 2. The summed E-state index contributed by atoms with van der Waals surface area (Å²) in [5.41, 5.74) is 3.53. The molecule has 0 radical (unpaired) electrons. The van der Waals surface area contributed by atoms with Gasteiger partial charge in [0.15, 0.2) is 11.5 Å². The Kier molecular flexibility index (Phi) is 8.96. The van der Waals surface area contributed by atoms with Gasteiger partial charge in [-0.25, -0.2) is 10.2 Å². The second-order valence-electron chi connectivity index (χ2n) is 6.92. The van der Waals surface area contributed by atoms with Crippen molar-refractivity contribution in [1.82, 2.24) is 5.43 Å². The molecular weight excluding hydrogens is 518 g/mol. The zero-order chi connectivity index (χ0) is 25.2. The number of halogens is 1. The van der Waals surface area contributed by atoms with Crippen molar-refractivity contribution >= 4 is 45.6 Å². The van der Waals surface area contributed by atoms with E-state index in [1.165, 1.54) is 13.3 Å². The van der Waals surface area contributed by atoms with Crippen molar-refractivity contribution in [2.75, 3.05) is 19.0 Å². The molecule has 2 amide bonds. The second kappa shape index (κ2) is 12.3. The average molecular weight is 540 g/mol. The average Bonchev–Trinajstić information content (AvgIpc) is 2.87. The molecule has 0 heterocycles. The van der Waals surface area contributed by atoms with Gasteiger partial charge in [0, 0.05) is 10.2 Å². The fourth-order valence-corrected chi connectivity index (χ4v) is 3.05. The van der Waals surface area contributed by atoms with Crippen molar-refractivity contribution in [2.24, 2.45) is 5.10 Å². The summed E-state index contributed by atoms with van der Waals surface area (Å²) < 4.78 is 17.0. The lowest BCUT2D eigenvalue weighted by molar-refractivity contribution is -0.136. The van der Waals surface area contributed by atoms with Crippen LogP contribution in [0.5, 0.6) is 17.2 Å². The van der Waals surface area contributed by atoms with Gasteiger partial charge < -0.3 is 19.5 Å². The molecule has 2 N–H and O–H groups in total. The summed E-state index contributed by atoms with van der Waals surface area (Å²) >= 11 is 3.29. The molecule has 9 nitrogen and oxygen atoms in total. The maximum absolute atomic E-state index is 12.5. The molecule has 0 unspecified atom stereocenters. The zero-order valence-corrected chi connectivity index (χ0v) is 20.5. The van der Waals surface area contributed by atoms with Crippen LogP contribution in [0.25, 0.3) is 0 Å². The molecule has 3 aromatic carbocycles. The van der Waals surface area contributed by atoms with Crippen molar-refractivity contribution < 1.29 is 28.6 Å². The molecule has 0 atom stereocenters. The van der Waals surface area contributed by atoms with Crippen molar-refractivity contribution in [3.8, 4) is 17.2 Å². The van der Waals surface area contributed by atoms with Crippen LogP contribution in [0.1, 0.15) is 22.8 Å². The number of anilines is 1. The standard InChI is InChI=1S/C25H22BrN3O6/c1-3-34-22-14-16(4-13-21(22)35-25(32)17-5-11-20(33-2)12-6-17)15-27-29-24(31)23(30)28-19-9-7-18(26)8-10-19/h4-15H,3H2,1-2H3,(H,28,30)(H,29,31). The number of esters is 1. The molecule has 0 aliphatic heterocycles. The fraction of sp³-hybridized carbons (Fsp3) is 0.120. The quantitative estimate of drug-likeness (QED) is 0.146. The van der Waals surface area contributed by atoms with E-state index in [-0.39, 0.29) is 5.75 Å². The van der Waals surface area contributed by atoms with Gasteiger partial charge >= 0.3 is 17.8 Å². The van der Waals surface area contributed by atoms with Gasteiger partial charge in [-0.15, -0.1) is 0 Å². The van der Waals surface area contributed by atoms with Crippen LogP contribution in [0.4, 0.5) is 5.69 Å². The van der Waals surface area contributed by atoms with E-state index >= 15 is 0 Å². The minimum atomic E-state index is -0.931. The van der Waals surface area contributed by atoms with E-state index in [0.29, 0.717) is 34.9 Å². The molecular formula is C25H22BrN3O6. The van der Waals surface area contributed by atoms with E-state index in [1.807, 2.05) is 0 Å². The van der Waals surface area contributed by atoms with Crippen molar-refractivity contribution in [3.63, 3.8) is 0 Å². The maximum Gasteiger partial charge on any atom is 0.343 e. The van der Waals surface area contributed by atoms with Crippen LogP contribution >= 0.6 is 15.9 Å². The first-order valence-electron chi connectivity index (χ1n) is 10.4. The lowest BCUT2D eigenvalue weighted by Crippen LogP contribution is -2.32. The van der Waals surface area contributed by atoms with Crippen LogP contribution in [0.15, 0.2) is 76.3 Å². The summed E-state index contributed by atoms with van der Waals surface area (Å²) in [7, 11) is 1.54. The number of carbonyl (C=O) groups is 3. The van der Waals surface area contributed by atoms with E-state index in [1.54, 1.807) is 73.7 Å². The topological polar surface area (TPSA) is 115 Å². The molecule has 0 bridgehead atoms. The third kappa shape index (κ3) is 7.41. The minimum Gasteiger partial charge on any atom is -0.497 e. The number of hydrogen-bond acceptors (Lipinski definition) is 7. The number of hydrazone groups is 1. The molecule has 0 fully saturated rings. The summed E-state index contributed by atoms with van der Waals surface area (Å²) in [4.78, 5) is 36.5. The molecule has 0 aliphatic rings. The monoisotopic (exact) mass is 539 g/mol. The van der Waals surface area contributed by atoms with E-state index in [0.717, 1.165) is 4.47 Å². The highest BCUT2D eigenvalue weighted by atomic mass is 79.9. The molecule has 180 valence electrons.